The number of benzene rings is 2. The third kappa shape index (κ3) is 3.66. The molecule has 0 unspecified atom stereocenters. The predicted molar refractivity (Wildman–Crippen MR) is 88.5 cm³/mol. The van der Waals surface area contributed by atoms with E-state index in [0.717, 1.165) is 23.5 Å². The summed E-state index contributed by atoms with van der Waals surface area (Å²) in [7, 11) is 0. The van der Waals surface area contributed by atoms with Crippen LogP contribution >= 0.6 is 11.3 Å². The first-order valence-corrected chi connectivity index (χ1v) is 7.79. The lowest BCUT2D eigenvalue weighted by Gasteiger charge is -2.01. The molecule has 25 heavy (non-hydrogen) atoms. The molecule has 0 saturated heterocycles. The Labute approximate surface area is 143 Å². The Morgan fingerprint density at radius 3 is 2.48 bits per heavy atom. The van der Waals surface area contributed by atoms with Crippen LogP contribution in [0.4, 0.5) is 19.6 Å². The zero-order valence-electron chi connectivity index (χ0n) is 12.4. The van der Waals surface area contributed by atoms with Crippen LogP contribution in [0.5, 0.6) is 0 Å². The largest absolute Gasteiger partial charge is 0.298 e. The van der Waals surface area contributed by atoms with Gasteiger partial charge < -0.3 is 0 Å². The van der Waals surface area contributed by atoms with Crippen molar-refractivity contribution in [3.63, 3.8) is 0 Å². The lowest BCUT2D eigenvalue weighted by Crippen LogP contribution is -2.11. The number of nitrogens with zero attached hydrogens (tertiary/aromatic N) is 2. The first-order valence-electron chi connectivity index (χ1n) is 6.91. The van der Waals surface area contributed by atoms with Crippen LogP contribution in [-0.4, -0.2) is 15.8 Å². The summed E-state index contributed by atoms with van der Waals surface area (Å²) >= 11 is 1.12. The van der Waals surface area contributed by atoms with Crippen LogP contribution in [0.2, 0.25) is 0 Å². The number of nitro groups is 1. The van der Waals surface area contributed by atoms with E-state index >= 15 is 0 Å². The van der Waals surface area contributed by atoms with Crippen molar-refractivity contribution < 1.29 is 18.5 Å². The molecule has 0 aliphatic heterocycles. The Hall–Kier alpha value is -3.20. The van der Waals surface area contributed by atoms with Gasteiger partial charge in [-0.1, -0.05) is 0 Å². The molecule has 6 nitrogen and oxygen atoms in total. The second kappa shape index (κ2) is 6.73. The van der Waals surface area contributed by atoms with Crippen molar-refractivity contribution in [2.24, 2.45) is 0 Å². The zero-order chi connectivity index (χ0) is 18.0. The van der Waals surface area contributed by atoms with Crippen molar-refractivity contribution in [2.45, 2.75) is 0 Å². The molecule has 0 bridgehead atoms. The molecule has 126 valence electrons. The number of rotatable bonds is 4. The molecule has 0 atom stereocenters. The number of nitro benzene ring substituents is 1. The number of non-ortho nitro benzene ring substituents is 1. The minimum atomic E-state index is -0.984. The Kier molecular flexibility index (Phi) is 4.48. The number of anilines is 1. The van der Waals surface area contributed by atoms with Gasteiger partial charge in [0.05, 0.1) is 10.6 Å². The van der Waals surface area contributed by atoms with Gasteiger partial charge in [-0.2, -0.15) is 0 Å². The highest BCUT2D eigenvalue weighted by molar-refractivity contribution is 7.14. The van der Waals surface area contributed by atoms with Gasteiger partial charge in [0.1, 0.15) is 0 Å². The van der Waals surface area contributed by atoms with E-state index in [1.54, 1.807) is 5.38 Å². The van der Waals surface area contributed by atoms with E-state index in [2.05, 4.69) is 10.3 Å². The maximum absolute atomic E-state index is 13.3. The van der Waals surface area contributed by atoms with E-state index < -0.39 is 22.5 Å². The molecule has 0 aliphatic rings. The molecule has 0 aliphatic carbocycles. The molecule has 1 amide bonds. The number of carbonyl (C=O) groups is 1. The van der Waals surface area contributed by atoms with Crippen LogP contribution < -0.4 is 5.32 Å². The van der Waals surface area contributed by atoms with E-state index in [0.29, 0.717) is 11.3 Å². The predicted octanol–water partition coefficient (Wildman–Crippen LogP) is 4.25. The Balaban J connectivity index is 1.75. The summed E-state index contributed by atoms with van der Waals surface area (Å²) in [5.74, 6) is -2.42. The molecule has 0 radical (unpaired) electrons. The topological polar surface area (TPSA) is 85.1 Å². The Morgan fingerprint density at radius 1 is 1.12 bits per heavy atom. The first kappa shape index (κ1) is 16.7. The summed E-state index contributed by atoms with van der Waals surface area (Å²) in [5.41, 5.74) is 0.885. The van der Waals surface area contributed by atoms with Gasteiger partial charge in [0, 0.05) is 28.6 Å². The number of nitrogens with one attached hydrogen (secondary N) is 1. The number of hydrogen-bond donors (Lipinski definition) is 1. The van der Waals surface area contributed by atoms with Gasteiger partial charge >= 0.3 is 0 Å². The summed E-state index contributed by atoms with van der Waals surface area (Å²) in [6.45, 7) is 0. The fraction of sp³-hybridized carbons (Fsp3) is 0. The highest BCUT2D eigenvalue weighted by Crippen LogP contribution is 2.26. The molecule has 3 rings (SSSR count). The van der Waals surface area contributed by atoms with Crippen molar-refractivity contribution in [1.82, 2.24) is 4.98 Å². The van der Waals surface area contributed by atoms with E-state index in [-0.39, 0.29) is 16.4 Å². The third-order valence-corrected chi connectivity index (χ3v) is 4.04. The molecule has 3 aromatic rings. The molecule has 0 saturated carbocycles. The summed E-state index contributed by atoms with van der Waals surface area (Å²) in [6, 6.07) is 8.52. The van der Waals surface area contributed by atoms with Gasteiger partial charge in [-0.15, -0.1) is 11.3 Å². The average molecular weight is 361 g/mol. The third-order valence-electron chi connectivity index (χ3n) is 3.28. The fourth-order valence-corrected chi connectivity index (χ4v) is 2.74. The maximum Gasteiger partial charge on any atom is 0.269 e. The van der Waals surface area contributed by atoms with Gasteiger partial charge in [0.15, 0.2) is 16.8 Å². The molecule has 1 heterocycles. The van der Waals surface area contributed by atoms with Crippen molar-refractivity contribution in [3.05, 3.63) is 75.2 Å². The summed E-state index contributed by atoms with van der Waals surface area (Å²) in [6.07, 6.45) is 0. The van der Waals surface area contributed by atoms with Crippen molar-refractivity contribution in [2.75, 3.05) is 5.32 Å². The second-order valence-corrected chi connectivity index (χ2v) is 5.78. The monoisotopic (exact) mass is 361 g/mol. The van der Waals surface area contributed by atoms with Gasteiger partial charge in [-0.05, 0) is 30.3 Å². The molecule has 1 aromatic heterocycles. The van der Waals surface area contributed by atoms with E-state index in [9.17, 15) is 23.7 Å². The van der Waals surface area contributed by atoms with E-state index in [1.807, 2.05) is 0 Å². The number of thiazole rings is 1. The van der Waals surface area contributed by atoms with Crippen molar-refractivity contribution in [1.29, 1.82) is 0 Å². The molecule has 1 N–H and O–H groups in total. The van der Waals surface area contributed by atoms with Crippen LogP contribution in [0.3, 0.4) is 0 Å². The molecular formula is C16H9F2N3O3S. The van der Waals surface area contributed by atoms with Gasteiger partial charge in [0.25, 0.3) is 11.6 Å². The van der Waals surface area contributed by atoms with Crippen LogP contribution in [0, 0.1) is 21.7 Å². The average Bonchev–Trinajstić information content (AvgIpc) is 3.06. The van der Waals surface area contributed by atoms with Crippen LogP contribution in [0.25, 0.3) is 11.3 Å². The number of carbonyl (C=O) groups excluding carboxylic acids is 1. The minimum absolute atomic E-state index is 0.119. The Bertz CT molecular complexity index is 958. The second-order valence-electron chi connectivity index (χ2n) is 4.92. The molecule has 2 aromatic carbocycles. The van der Waals surface area contributed by atoms with Crippen LogP contribution in [0.1, 0.15) is 10.4 Å². The maximum atomic E-state index is 13.3. The SMILES string of the molecule is O=C(Nc1nc(-c2ccc(F)c(F)c2)cs1)c1ccc([N+](=O)[O-])cc1. The first-order chi connectivity index (χ1) is 11.9. The summed E-state index contributed by atoms with van der Waals surface area (Å²) in [5, 5.41) is 15.0. The highest BCUT2D eigenvalue weighted by Gasteiger charge is 2.13. The fourth-order valence-electron chi connectivity index (χ4n) is 2.02. The normalized spacial score (nSPS) is 10.5. The van der Waals surface area contributed by atoms with Crippen molar-refractivity contribution >= 4 is 28.1 Å². The standard InChI is InChI=1S/C16H9F2N3O3S/c17-12-6-3-10(7-13(12)18)14-8-25-16(19-14)20-15(22)9-1-4-11(5-2-9)21(23)24/h1-8H,(H,19,20,22). The van der Waals surface area contributed by atoms with Crippen LogP contribution in [-0.2, 0) is 0 Å². The number of halogens is 2. The van der Waals surface area contributed by atoms with Crippen LogP contribution in [0.15, 0.2) is 47.8 Å². The van der Waals surface area contributed by atoms with Gasteiger partial charge in [-0.3, -0.25) is 20.2 Å². The smallest absolute Gasteiger partial charge is 0.269 e. The summed E-state index contributed by atoms with van der Waals surface area (Å²) < 4.78 is 26.2. The number of amides is 1. The number of aromatic nitrogens is 1. The molecule has 0 fully saturated rings. The molecular weight excluding hydrogens is 352 g/mol. The van der Waals surface area contributed by atoms with Gasteiger partial charge in [-0.25, -0.2) is 13.8 Å². The van der Waals surface area contributed by atoms with E-state index in [4.69, 9.17) is 0 Å². The lowest BCUT2D eigenvalue weighted by molar-refractivity contribution is -0.384. The lowest BCUT2D eigenvalue weighted by atomic mass is 10.2. The molecule has 9 heteroatoms. The Morgan fingerprint density at radius 2 is 1.84 bits per heavy atom. The molecule has 0 spiro atoms. The number of hydrogen-bond acceptors (Lipinski definition) is 5. The quantitative estimate of drug-likeness (QED) is 0.556. The minimum Gasteiger partial charge on any atom is -0.298 e. The van der Waals surface area contributed by atoms with E-state index in [1.165, 1.54) is 30.3 Å². The van der Waals surface area contributed by atoms with Gasteiger partial charge in [0.2, 0.25) is 0 Å². The van der Waals surface area contributed by atoms with Crippen molar-refractivity contribution in [3.8, 4) is 11.3 Å². The summed E-state index contributed by atoms with van der Waals surface area (Å²) in [4.78, 5) is 26.3. The highest BCUT2D eigenvalue weighted by atomic mass is 32.1. The zero-order valence-corrected chi connectivity index (χ0v) is 13.2.